The molecule has 0 aliphatic rings. The molecule has 1 amide bonds. The molecule has 0 aliphatic heterocycles. The Labute approximate surface area is 170 Å². The Morgan fingerprint density at radius 3 is 2.61 bits per heavy atom. The summed E-state index contributed by atoms with van der Waals surface area (Å²) >= 11 is 12.2. The fourth-order valence-electron chi connectivity index (χ4n) is 2.23. The lowest BCUT2D eigenvalue weighted by Gasteiger charge is -2.15. The van der Waals surface area contributed by atoms with Crippen molar-refractivity contribution in [1.82, 2.24) is 10.8 Å². The number of hydroxylamine groups is 1. The van der Waals surface area contributed by atoms with E-state index in [0.29, 0.717) is 17.6 Å². The minimum absolute atomic E-state index is 0.00967. The van der Waals surface area contributed by atoms with Crippen LogP contribution in [0.25, 0.3) is 0 Å². The molecule has 0 radical (unpaired) electrons. The van der Waals surface area contributed by atoms with E-state index in [4.69, 9.17) is 33.1 Å². The zero-order chi connectivity index (χ0) is 20.7. The van der Waals surface area contributed by atoms with E-state index < -0.39 is 11.7 Å². The molecule has 146 valence electrons. The summed E-state index contributed by atoms with van der Waals surface area (Å²) in [6, 6.07) is 6.65. The Morgan fingerprint density at radius 2 is 1.96 bits per heavy atom. The highest BCUT2D eigenvalue weighted by molar-refractivity contribution is 6.37. The second-order valence-electron chi connectivity index (χ2n) is 5.45. The molecule has 3 N–H and O–H groups in total. The van der Waals surface area contributed by atoms with Gasteiger partial charge in [-0.2, -0.15) is 0 Å². The van der Waals surface area contributed by atoms with Gasteiger partial charge in [-0.15, -0.1) is 0 Å². The predicted molar refractivity (Wildman–Crippen MR) is 103 cm³/mol. The average molecular weight is 425 g/mol. The molecule has 0 aliphatic carbocycles. The van der Waals surface area contributed by atoms with Crippen LogP contribution in [0.3, 0.4) is 0 Å². The number of aldehydes is 1. The van der Waals surface area contributed by atoms with E-state index in [1.165, 1.54) is 36.4 Å². The highest BCUT2D eigenvalue weighted by atomic mass is 35.5. The second kappa shape index (κ2) is 9.89. The van der Waals surface area contributed by atoms with Gasteiger partial charge in [0.15, 0.2) is 0 Å². The van der Waals surface area contributed by atoms with E-state index in [0.717, 1.165) is 12.3 Å². The van der Waals surface area contributed by atoms with Gasteiger partial charge in [0.1, 0.15) is 29.2 Å². The van der Waals surface area contributed by atoms with E-state index in [1.54, 1.807) is 12.4 Å². The lowest BCUT2D eigenvalue weighted by atomic mass is 10.1. The van der Waals surface area contributed by atoms with Gasteiger partial charge in [-0.3, -0.25) is 20.3 Å². The first-order chi connectivity index (χ1) is 13.3. The first-order valence-corrected chi connectivity index (χ1v) is 8.57. The van der Waals surface area contributed by atoms with Gasteiger partial charge in [0.05, 0.1) is 10.7 Å². The number of carbonyl (C=O) groups excluding carboxylic acids is 2. The zero-order valence-electron chi connectivity index (χ0n) is 14.5. The number of nitrogens with one attached hydrogen (secondary N) is 2. The van der Waals surface area contributed by atoms with Gasteiger partial charge in [0, 0.05) is 17.3 Å². The SMILES string of the molecule is Cc1cc(F)ccc1Oc1cc(Cl)cc(Cl)c1C(=O)NC(/C=C\C=O)=C/NO. The third-order valence-electron chi connectivity index (χ3n) is 3.44. The fraction of sp³-hybridized carbons (Fsp3) is 0.0526. The van der Waals surface area contributed by atoms with Crippen LogP contribution in [0, 0.1) is 12.7 Å². The molecule has 2 aromatic carbocycles. The van der Waals surface area contributed by atoms with Crippen molar-refractivity contribution in [3.05, 3.63) is 81.4 Å². The molecule has 28 heavy (non-hydrogen) atoms. The number of carbonyl (C=O) groups is 2. The van der Waals surface area contributed by atoms with Gasteiger partial charge in [0.25, 0.3) is 5.91 Å². The Morgan fingerprint density at radius 1 is 1.21 bits per heavy atom. The summed E-state index contributed by atoms with van der Waals surface area (Å²) in [5.41, 5.74) is 2.30. The number of benzene rings is 2. The van der Waals surface area contributed by atoms with Crippen molar-refractivity contribution in [3.8, 4) is 11.5 Å². The van der Waals surface area contributed by atoms with Crippen LogP contribution in [-0.4, -0.2) is 17.4 Å². The molecule has 6 nitrogen and oxygen atoms in total. The van der Waals surface area contributed by atoms with Gasteiger partial charge in [-0.25, -0.2) is 4.39 Å². The van der Waals surface area contributed by atoms with E-state index in [9.17, 15) is 14.0 Å². The number of ether oxygens (including phenoxy) is 1. The Hall–Kier alpha value is -2.87. The Bertz CT molecular complexity index is 961. The fourth-order valence-corrected chi connectivity index (χ4v) is 2.79. The Balaban J connectivity index is 2.43. The third kappa shape index (κ3) is 5.56. The molecule has 0 aromatic heterocycles. The number of hydrogen-bond acceptors (Lipinski definition) is 5. The van der Waals surface area contributed by atoms with Crippen molar-refractivity contribution in [2.75, 3.05) is 0 Å². The monoisotopic (exact) mass is 424 g/mol. The van der Waals surface area contributed by atoms with Gasteiger partial charge in [-0.05, 0) is 48.9 Å². The van der Waals surface area contributed by atoms with Crippen LogP contribution in [-0.2, 0) is 4.79 Å². The molecule has 0 saturated heterocycles. The van der Waals surface area contributed by atoms with E-state index in [2.05, 4.69) is 5.32 Å². The van der Waals surface area contributed by atoms with Crippen molar-refractivity contribution in [2.24, 2.45) is 0 Å². The summed E-state index contributed by atoms with van der Waals surface area (Å²) in [5, 5.41) is 11.5. The largest absolute Gasteiger partial charge is 0.456 e. The van der Waals surface area contributed by atoms with Crippen molar-refractivity contribution < 1.29 is 23.9 Å². The van der Waals surface area contributed by atoms with Crippen molar-refractivity contribution in [1.29, 1.82) is 0 Å². The van der Waals surface area contributed by atoms with Crippen LogP contribution in [0.5, 0.6) is 11.5 Å². The molecule has 0 fully saturated rings. The summed E-state index contributed by atoms with van der Waals surface area (Å²) in [6.45, 7) is 1.64. The van der Waals surface area contributed by atoms with Gasteiger partial charge >= 0.3 is 0 Å². The van der Waals surface area contributed by atoms with Crippen molar-refractivity contribution in [2.45, 2.75) is 6.92 Å². The first kappa shape index (κ1) is 21.4. The van der Waals surface area contributed by atoms with E-state index in [-0.39, 0.29) is 27.1 Å². The number of amides is 1. The maximum absolute atomic E-state index is 13.3. The van der Waals surface area contributed by atoms with Crippen molar-refractivity contribution >= 4 is 35.4 Å². The first-order valence-electron chi connectivity index (χ1n) is 7.81. The molecule has 0 atom stereocenters. The molecule has 2 rings (SSSR count). The minimum Gasteiger partial charge on any atom is -0.456 e. The number of rotatable bonds is 7. The highest BCUT2D eigenvalue weighted by Gasteiger charge is 2.20. The topological polar surface area (TPSA) is 87.7 Å². The van der Waals surface area contributed by atoms with Crippen molar-refractivity contribution in [3.63, 3.8) is 0 Å². The number of aryl methyl sites for hydroxylation is 1. The third-order valence-corrected chi connectivity index (χ3v) is 3.95. The average Bonchev–Trinajstić information content (AvgIpc) is 2.61. The molecule has 2 aromatic rings. The summed E-state index contributed by atoms with van der Waals surface area (Å²) in [7, 11) is 0. The highest BCUT2D eigenvalue weighted by Crippen LogP contribution is 2.35. The molecule has 9 heteroatoms. The lowest BCUT2D eigenvalue weighted by Crippen LogP contribution is -2.24. The van der Waals surface area contributed by atoms with E-state index >= 15 is 0 Å². The molecule has 0 spiro atoms. The maximum atomic E-state index is 13.3. The summed E-state index contributed by atoms with van der Waals surface area (Å²) in [5.74, 6) is -0.767. The number of hydrogen-bond donors (Lipinski definition) is 3. The van der Waals surface area contributed by atoms with E-state index in [1.807, 2.05) is 0 Å². The zero-order valence-corrected chi connectivity index (χ0v) is 16.0. The maximum Gasteiger partial charge on any atom is 0.261 e. The summed E-state index contributed by atoms with van der Waals surface area (Å²) < 4.78 is 19.1. The van der Waals surface area contributed by atoms with Crippen LogP contribution in [0.1, 0.15) is 15.9 Å². The van der Waals surface area contributed by atoms with Crippen LogP contribution in [0.2, 0.25) is 10.0 Å². The van der Waals surface area contributed by atoms with Crippen LogP contribution in [0.4, 0.5) is 4.39 Å². The standard InChI is InChI=1S/C19H15Cl2FN2O4/c1-11-7-13(22)4-5-16(11)28-17-9-12(20)8-15(21)18(17)19(26)24-14(10-23-27)3-2-6-25/h2-10,23,27H,1H3,(H,24,26)/b3-2-,14-10+. The smallest absolute Gasteiger partial charge is 0.261 e. The molecule has 0 saturated carbocycles. The number of allylic oxidation sites excluding steroid dienone is 2. The van der Waals surface area contributed by atoms with Gasteiger partial charge in [-0.1, -0.05) is 23.2 Å². The Kier molecular flexibility index (Phi) is 7.57. The molecular formula is C19H15Cl2FN2O4. The molecule has 0 bridgehead atoms. The second-order valence-corrected chi connectivity index (χ2v) is 6.29. The molecule has 0 unspecified atom stereocenters. The van der Waals surface area contributed by atoms with Crippen LogP contribution in [0.15, 0.2) is 54.4 Å². The summed E-state index contributed by atoms with van der Waals surface area (Å²) in [4.78, 5) is 23.2. The van der Waals surface area contributed by atoms with Gasteiger partial charge in [0.2, 0.25) is 0 Å². The minimum atomic E-state index is -0.687. The number of halogens is 3. The quantitative estimate of drug-likeness (QED) is 0.263. The molecule has 0 heterocycles. The molecular weight excluding hydrogens is 410 g/mol. The predicted octanol–water partition coefficient (Wildman–Crippen LogP) is 4.54. The van der Waals surface area contributed by atoms with Crippen LogP contribution < -0.4 is 15.5 Å². The van der Waals surface area contributed by atoms with Crippen LogP contribution >= 0.6 is 23.2 Å². The van der Waals surface area contributed by atoms with Gasteiger partial charge < -0.3 is 10.1 Å². The normalized spacial score (nSPS) is 11.4. The summed E-state index contributed by atoms with van der Waals surface area (Å²) in [6.07, 6.45) is 3.92. The lowest BCUT2D eigenvalue weighted by molar-refractivity contribution is -0.104.